The van der Waals surface area contributed by atoms with Gasteiger partial charge in [0.2, 0.25) is 15.9 Å². The van der Waals surface area contributed by atoms with E-state index in [1.807, 2.05) is 6.92 Å². The molecule has 1 aromatic rings. The molecular formula is C13H19FN2O3S. The fourth-order valence-electron chi connectivity index (χ4n) is 1.76. The summed E-state index contributed by atoms with van der Waals surface area (Å²) in [6, 6.07) is 5.22. The number of anilines is 1. The highest BCUT2D eigenvalue weighted by molar-refractivity contribution is 7.92. The zero-order valence-corrected chi connectivity index (χ0v) is 12.4. The highest BCUT2D eigenvalue weighted by Gasteiger charge is 2.17. The molecule has 1 N–H and O–H groups in total. The van der Waals surface area contributed by atoms with E-state index < -0.39 is 15.8 Å². The van der Waals surface area contributed by atoms with Gasteiger partial charge in [0.05, 0.1) is 11.9 Å². The first kappa shape index (κ1) is 16.4. The Kier molecular flexibility index (Phi) is 5.94. The van der Waals surface area contributed by atoms with Gasteiger partial charge in [0.25, 0.3) is 0 Å². The zero-order valence-electron chi connectivity index (χ0n) is 11.6. The number of nitrogens with zero attached hydrogens (tertiary/aromatic N) is 1. The van der Waals surface area contributed by atoms with Gasteiger partial charge >= 0.3 is 0 Å². The summed E-state index contributed by atoms with van der Waals surface area (Å²) in [5.41, 5.74) is 0.393. The van der Waals surface area contributed by atoms with Gasteiger partial charge in [0, 0.05) is 19.5 Å². The van der Waals surface area contributed by atoms with E-state index in [9.17, 15) is 17.6 Å². The summed E-state index contributed by atoms with van der Waals surface area (Å²) >= 11 is 0. The van der Waals surface area contributed by atoms with E-state index in [0.29, 0.717) is 18.7 Å². The van der Waals surface area contributed by atoms with Crippen molar-refractivity contribution in [3.8, 4) is 0 Å². The van der Waals surface area contributed by atoms with Crippen LogP contribution in [0.15, 0.2) is 24.3 Å². The number of amides is 1. The molecule has 0 unspecified atom stereocenters. The van der Waals surface area contributed by atoms with E-state index >= 15 is 0 Å². The Balaban J connectivity index is 2.72. The predicted molar refractivity (Wildman–Crippen MR) is 76.5 cm³/mol. The van der Waals surface area contributed by atoms with Crippen LogP contribution in [0.2, 0.25) is 0 Å². The van der Waals surface area contributed by atoms with Gasteiger partial charge in [-0.15, -0.1) is 0 Å². The van der Waals surface area contributed by atoms with Crippen LogP contribution in [-0.2, 0) is 14.8 Å². The van der Waals surface area contributed by atoms with Crippen molar-refractivity contribution >= 4 is 21.6 Å². The quantitative estimate of drug-likeness (QED) is 0.830. The molecule has 0 heterocycles. The van der Waals surface area contributed by atoms with Gasteiger partial charge in [-0.3, -0.25) is 9.10 Å². The summed E-state index contributed by atoms with van der Waals surface area (Å²) in [5, 5.41) is 2.65. The Bertz CT molecular complexity index is 543. The summed E-state index contributed by atoms with van der Waals surface area (Å²) in [4.78, 5) is 11.3. The fourth-order valence-corrected chi connectivity index (χ4v) is 2.73. The van der Waals surface area contributed by atoms with E-state index in [4.69, 9.17) is 0 Å². The molecular weight excluding hydrogens is 283 g/mol. The van der Waals surface area contributed by atoms with E-state index in [2.05, 4.69) is 5.32 Å². The van der Waals surface area contributed by atoms with Crippen molar-refractivity contribution in [2.24, 2.45) is 0 Å². The van der Waals surface area contributed by atoms with Crippen molar-refractivity contribution < 1.29 is 17.6 Å². The topological polar surface area (TPSA) is 66.5 Å². The number of carbonyl (C=O) groups is 1. The summed E-state index contributed by atoms with van der Waals surface area (Å²) < 4.78 is 37.5. The van der Waals surface area contributed by atoms with Gasteiger partial charge in [-0.05, 0) is 37.6 Å². The summed E-state index contributed by atoms with van der Waals surface area (Å²) in [6.45, 7) is 2.55. The molecule has 0 aliphatic heterocycles. The van der Waals surface area contributed by atoms with Gasteiger partial charge in [0.15, 0.2) is 0 Å². The number of benzene rings is 1. The molecule has 0 saturated carbocycles. The van der Waals surface area contributed by atoms with Crippen molar-refractivity contribution in [1.29, 1.82) is 0 Å². The van der Waals surface area contributed by atoms with Crippen molar-refractivity contribution in [3.63, 3.8) is 0 Å². The minimum Gasteiger partial charge on any atom is -0.356 e. The SMILES string of the molecule is CCNC(=O)CCCN(c1ccc(F)cc1)S(C)(=O)=O. The second kappa shape index (κ2) is 7.23. The van der Waals surface area contributed by atoms with Gasteiger partial charge in [-0.2, -0.15) is 0 Å². The third-order valence-corrected chi connectivity index (χ3v) is 3.85. The monoisotopic (exact) mass is 302 g/mol. The molecule has 0 saturated heterocycles. The van der Waals surface area contributed by atoms with Crippen LogP contribution in [0.25, 0.3) is 0 Å². The molecule has 1 aromatic carbocycles. The molecule has 7 heteroatoms. The first-order valence-electron chi connectivity index (χ1n) is 6.34. The minimum atomic E-state index is -3.46. The number of rotatable bonds is 7. The van der Waals surface area contributed by atoms with Crippen LogP contribution in [0.3, 0.4) is 0 Å². The third-order valence-electron chi connectivity index (χ3n) is 2.65. The molecule has 0 fully saturated rings. The van der Waals surface area contributed by atoms with Crippen molar-refractivity contribution in [1.82, 2.24) is 5.32 Å². The summed E-state index contributed by atoms with van der Waals surface area (Å²) in [5.74, 6) is -0.537. The van der Waals surface area contributed by atoms with Crippen LogP contribution in [0.4, 0.5) is 10.1 Å². The maximum absolute atomic E-state index is 12.9. The molecule has 5 nitrogen and oxygen atoms in total. The minimum absolute atomic E-state index is 0.111. The maximum Gasteiger partial charge on any atom is 0.232 e. The number of hydrogen-bond acceptors (Lipinski definition) is 3. The molecule has 0 radical (unpaired) electrons. The first-order valence-corrected chi connectivity index (χ1v) is 8.19. The molecule has 0 aliphatic rings. The number of carbonyl (C=O) groups excluding carboxylic acids is 1. The molecule has 0 aromatic heterocycles. The average molecular weight is 302 g/mol. The number of hydrogen-bond donors (Lipinski definition) is 1. The Morgan fingerprint density at radius 1 is 1.30 bits per heavy atom. The molecule has 112 valence electrons. The number of nitrogens with one attached hydrogen (secondary N) is 1. The van der Waals surface area contributed by atoms with Crippen LogP contribution in [0, 0.1) is 5.82 Å². The Morgan fingerprint density at radius 3 is 2.40 bits per heavy atom. The number of halogens is 1. The molecule has 0 aliphatic carbocycles. The molecule has 20 heavy (non-hydrogen) atoms. The molecule has 0 bridgehead atoms. The average Bonchev–Trinajstić information content (AvgIpc) is 2.35. The van der Waals surface area contributed by atoms with Crippen molar-refractivity contribution in [2.45, 2.75) is 19.8 Å². The zero-order chi connectivity index (χ0) is 15.2. The van der Waals surface area contributed by atoms with Crippen LogP contribution < -0.4 is 9.62 Å². The lowest BCUT2D eigenvalue weighted by molar-refractivity contribution is -0.121. The van der Waals surface area contributed by atoms with Gasteiger partial charge in [-0.25, -0.2) is 12.8 Å². The molecule has 0 atom stereocenters. The van der Waals surface area contributed by atoms with E-state index in [1.165, 1.54) is 28.6 Å². The molecule has 1 amide bonds. The van der Waals surface area contributed by atoms with Crippen LogP contribution in [0.1, 0.15) is 19.8 Å². The molecule has 1 rings (SSSR count). The predicted octanol–water partition coefficient (Wildman–Crippen LogP) is 1.51. The van der Waals surface area contributed by atoms with E-state index in [0.717, 1.165) is 6.26 Å². The summed E-state index contributed by atoms with van der Waals surface area (Å²) in [7, 11) is -3.46. The molecule has 0 spiro atoms. The lowest BCUT2D eigenvalue weighted by atomic mass is 10.2. The normalized spacial score (nSPS) is 11.2. The lowest BCUT2D eigenvalue weighted by Crippen LogP contribution is -2.32. The standard InChI is InChI=1S/C13H19FN2O3S/c1-3-15-13(17)5-4-10-16(20(2,18)19)12-8-6-11(14)7-9-12/h6-9H,3-5,10H2,1-2H3,(H,15,17). The highest BCUT2D eigenvalue weighted by Crippen LogP contribution is 2.18. The third kappa shape index (κ3) is 5.16. The van der Waals surface area contributed by atoms with Crippen LogP contribution in [-0.4, -0.2) is 33.7 Å². The van der Waals surface area contributed by atoms with Crippen molar-refractivity contribution in [2.75, 3.05) is 23.7 Å². The lowest BCUT2D eigenvalue weighted by Gasteiger charge is -2.22. The second-order valence-electron chi connectivity index (χ2n) is 4.37. The van der Waals surface area contributed by atoms with E-state index in [1.54, 1.807) is 0 Å². The van der Waals surface area contributed by atoms with Gasteiger partial charge < -0.3 is 5.32 Å². The number of sulfonamides is 1. The Morgan fingerprint density at radius 2 is 1.90 bits per heavy atom. The van der Waals surface area contributed by atoms with E-state index in [-0.39, 0.29) is 18.9 Å². The largest absolute Gasteiger partial charge is 0.356 e. The Labute approximate surface area is 118 Å². The Hall–Kier alpha value is -1.63. The smallest absolute Gasteiger partial charge is 0.232 e. The van der Waals surface area contributed by atoms with Gasteiger partial charge in [0.1, 0.15) is 5.82 Å². The van der Waals surface area contributed by atoms with Crippen LogP contribution in [0.5, 0.6) is 0 Å². The second-order valence-corrected chi connectivity index (χ2v) is 6.28. The van der Waals surface area contributed by atoms with Crippen LogP contribution >= 0.6 is 0 Å². The fraction of sp³-hybridized carbons (Fsp3) is 0.462. The maximum atomic E-state index is 12.9. The van der Waals surface area contributed by atoms with Gasteiger partial charge in [-0.1, -0.05) is 0 Å². The highest BCUT2D eigenvalue weighted by atomic mass is 32.2. The first-order chi connectivity index (χ1) is 9.34. The van der Waals surface area contributed by atoms with Crippen molar-refractivity contribution in [3.05, 3.63) is 30.1 Å². The summed E-state index contributed by atoms with van der Waals surface area (Å²) in [6.07, 6.45) is 1.74.